The van der Waals surface area contributed by atoms with Crippen LogP contribution in [-0.2, 0) is 38.5 Å². The van der Waals surface area contributed by atoms with E-state index in [1.165, 1.54) is 7.11 Å². The fourth-order valence-corrected chi connectivity index (χ4v) is 5.11. The first kappa shape index (κ1) is 28.4. The molecule has 0 saturated carbocycles. The van der Waals surface area contributed by atoms with Crippen molar-refractivity contribution in [3.8, 4) is 0 Å². The van der Waals surface area contributed by atoms with E-state index in [4.69, 9.17) is 9.47 Å². The number of benzene rings is 5. The lowest BCUT2D eigenvalue weighted by Gasteiger charge is -2.23. The Morgan fingerprint density at radius 1 is 0.643 bits per heavy atom. The Hall–Kier alpha value is -5.17. The summed E-state index contributed by atoms with van der Waals surface area (Å²) in [4.78, 5) is 39.5. The lowest BCUT2D eigenvalue weighted by Crippen LogP contribution is -2.53. The van der Waals surface area contributed by atoms with Crippen molar-refractivity contribution in [2.24, 2.45) is 0 Å². The first-order valence-corrected chi connectivity index (χ1v) is 13.8. The molecule has 2 N–H and O–H groups in total. The molecule has 5 aromatic rings. The van der Waals surface area contributed by atoms with E-state index in [0.717, 1.165) is 38.2 Å². The molecule has 7 nitrogen and oxygen atoms in total. The summed E-state index contributed by atoms with van der Waals surface area (Å²) in [6.45, 7) is 0.0608. The number of rotatable bonds is 10. The number of amides is 2. The van der Waals surface area contributed by atoms with Crippen LogP contribution in [-0.4, -0.2) is 37.2 Å². The molecule has 7 heteroatoms. The molecule has 0 aliphatic heterocycles. The summed E-state index contributed by atoms with van der Waals surface area (Å²) in [5.74, 6) is -1.10. The molecule has 0 bridgehead atoms. The van der Waals surface area contributed by atoms with E-state index in [1.807, 2.05) is 109 Å². The Bertz CT molecular complexity index is 1630. The van der Waals surface area contributed by atoms with Crippen molar-refractivity contribution in [1.82, 2.24) is 10.6 Å². The van der Waals surface area contributed by atoms with Crippen LogP contribution in [0.4, 0.5) is 4.79 Å². The van der Waals surface area contributed by atoms with Gasteiger partial charge in [0.15, 0.2) is 0 Å². The first-order valence-electron chi connectivity index (χ1n) is 13.8. The Kier molecular flexibility index (Phi) is 9.09. The Balaban J connectivity index is 1.40. The number of nitrogens with one attached hydrogen (secondary N) is 2. The molecule has 0 radical (unpaired) electrons. The highest BCUT2D eigenvalue weighted by Gasteiger charge is 2.29. The van der Waals surface area contributed by atoms with Crippen LogP contribution in [0, 0.1) is 0 Å². The molecule has 0 unspecified atom stereocenters. The summed E-state index contributed by atoms with van der Waals surface area (Å²) in [6, 6.07) is 34.7. The van der Waals surface area contributed by atoms with Gasteiger partial charge in [0.05, 0.1) is 7.11 Å². The van der Waals surface area contributed by atoms with Crippen LogP contribution in [0.5, 0.6) is 0 Å². The molecule has 42 heavy (non-hydrogen) atoms. The van der Waals surface area contributed by atoms with Gasteiger partial charge >= 0.3 is 12.1 Å². The molecule has 0 aromatic heterocycles. The molecule has 0 heterocycles. The third-order valence-electron chi connectivity index (χ3n) is 7.20. The second-order valence-corrected chi connectivity index (χ2v) is 10.0. The van der Waals surface area contributed by atoms with Crippen LogP contribution < -0.4 is 10.6 Å². The van der Waals surface area contributed by atoms with Gasteiger partial charge in [-0.3, -0.25) is 4.79 Å². The second-order valence-electron chi connectivity index (χ2n) is 10.0. The SMILES string of the molecule is COC(=O)[C@H](Cc1c2ccccc2cc2ccccc12)NC(=O)[C@H](Cc1ccccc1)NC(=O)OCc1ccccc1. The Morgan fingerprint density at radius 2 is 1.19 bits per heavy atom. The van der Waals surface area contributed by atoms with Crippen LogP contribution in [0.2, 0.25) is 0 Å². The summed E-state index contributed by atoms with van der Waals surface area (Å²) in [5.41, 5.74) is 2.59. The number of fused-ring (bicyclic) bond motifs is 2. The lowest BCUT2D eigenvalue weighted by atomic mass is 9.92. The van der Waals surface area contributed by atoms with E-state index in [0.29, 0.717) is 0 Å². The van der Waals surface area contributed by atoms with E-state index in [2.05, 4.69) is 16.7 Å². The smallest absolute Gasteiger partial charge is 0.408 e. The van der Waals surface area contributed by atoms with Gasteiger partial charge in [-0.25, -0.2) is 9.59 Å². The van der Waals surface area contributed by atoms with Crippen molar-refractivity contribution in [3.05, 3.63) is 132 Å². The average Bonchev–Trinajstić information content (AvgIpc) is 3.03. The highest BCUT2D eigenvalue weighted by Crippen LogP contribution is 2.29. The lowest BCUT2D eigenvalue weighted by molar-refractivity contribution is -0.145. The number of alkyl carbamates (subject to hydrolysis) is 1. The first-order chi connectivity index (χ1) is 20.5. The number of methoxy groups -OCH3 is 1. The van der Waals surface area contributed by atoms with Gasteiger partial charge in [-0.1, -0.05) is 109 Å². The number of hydrogen-bond donors (Lipinski definition) is 2. The topological polar surface area (TPSA) is 93.7 Å². The summed E-state index contributed by atoms with van der Waals surface area (Å²) in [5, 5.41) is 9.60. The molecule has 2 atom stereocenters. The molecule has 0 fully saturated rings. The maximum Gasteiger partial charge on any atom is 0.408 e. The monoisotopic (exact) mass is 560 g/mol. The second kappa shape index (κ2) is 13.5. The molecule has 0 saturated heterocycles. The predicted octanol–water partition coefficient (Wildman–Crippen LogP) is 5.73. The molecular formula is C35H32N2O5. The van der Waals surface area contributed by atoms with Crippen molar-refractivity contribution in [2.45, 2.75) is 31.5 Å². The third-order valence-corrected chi connectivity index (χ3v) is 7.20. The largest absolute Gasteiger partial charge is 0.467 e. The van der Waals surface area contributed by atoms with Gasteiger partial charge in [-0.15, -0.1) is 0 Å². The summed E-state index contributed by atoms with van der Waals surface area (Å²) < 4.78 is 10.5. The fraction of sp³-hybridized carbons (Fsp3) is 0.171. The number of esters is 1. The van der Waals surface area contributed by atoms with Crippen molar-refractivity contribution < 1.29 is 23.9 Å². The van der Waals surface area contributed by atoms with Crippen molar-refractivity contribution in [1.29, 1.82) is 0 Å². The van der Waals surface area contributed by atoms with Crippen LogP contribution >= 0.6 is 0 Å². The Morgan fingerprint density at radius 3 is 1.79 bits per heavy atom. The van der Waals surface area contributed by atoms with E-state index < -0.39 is 30.1 Å². The van der Waals surface area contributed by atoms with Crippen LogP contribution in [0.3, 0.4) is 0 Å². The molecule has 0 spiro atoms. The maximum absolute atomic E-state index is 13.7. The zero-order chi connectivity index (χ0) is 29.3. The number of hydrogen-bond acceptors (Lipinski definition) is 5. The minimum atomic E-state index is -0.993. The van der Waals surface area contributed by atoms with Crippen LogP contribution in [0.15, 0.2) is 115 Å². The van der Waals surface area contributed by atoms with Gasteiger partial charge in [0.2, 0.25) is 5.91 Å². The Labute approximate surface area is 244 Å². The highest BCUT2D eigenvalue weighted by atomic mass is 16.5. The van der Waals surface area contributed by atoms with Gasteiger partial charge in [0, 0.05) is 12.8 Å². The molecular weight excluding hydrogens is 528 g/mol. The number of carbonyl (C=O) groups is 3. The molecule has 0 aliphatic rings. The summed E-state index contributed by atoms with van der Waals surface area (Å²) in [6.07, 6.45) is -0.320. The van der Waals surface area contributed by atoms with Crippen molar-refractivity contribution >= 4 is 39.5 Å². The van der Waals surface area contributed by atoms with Crippen molar-refractivity contribution in [3.63, 3.8) is 0 Å². The fourth-order valence-electron chi connectivity index (χ4n) is 5.11. The van der Waals surface area contributed by atoms with Crippen LogP contribution in [0.25, 0.3) is 21.5 Å². The average molecular weight is 561 g/mol. The van der Waals surface area contributed by atoms with Crippen LogP contribution in [0.1, 0.15) is 16.7 Å². The molecule has 5 aromatic carbocycles. The molecule has 5 rings (SSSR count). The van der Waals surface area contributed by atoms with Gasteiger partial charge in [-0.05, 0) is 44.3 Å². The third kappa shape index (κ3) is 6.93. The standard InChI is InChI=1S/C35H32N2O5/c1-41-34(39)32(22-30-28-18-10-8-16-26(28)21-27-17-9-11-19-29(27)30)36-33(38)31(20-24-12-4-2-5-13-24)37-35(40)42-23-25-14-6-3-7-15-25/h2-19,21,31-32H,20,22-23H2,1H3,(H,36,38)(H,37,40)/t31-,32-/m0/s1. The summed E-state index contributed by atoms with van der Waals surface area (Å²) >= 11 is 0. The quantitative estimate of drug-likeness (QED) is 0.168. The van der Waals surface area contributed by atoms with E-state index in [-0.39, 0.29) is 19.4 Å². The minimum Gasteiger partial charge on any atom is -0.467 e. The molecule has 0 aliphatic carbocycles. The van der Waals surface area contributed by atoms with Gasteiger partial charge < -0.3 is 20.1 Å². The highest BCUT2D eigenvalue weighted by molar-refractivity contribution is 6.03. The summed E-state index contributed by atoms with van der Waals surface area (Å²) in [7, 11) is 1.29. The normalized spacial score (nSPS) is 12.3. The minimum absolute atomic E-state index is 0.0608. The van der Waals surface area contributed by atoms with Crippen molar-refractivity contribution in [2.75, 3.05) is 7.11 Å². The van der Waals surface area contributed by atoms with E-state index in [9.17, 15) is 14.4 Å². The zero-order valence-corrected chi connectivity index (χ0v) is 23.3. The van der Waals surface area contributed by atoms with E-state index >= 15 is 0 Å². The van der Waals surface area contributed by atoms with Gasteiger partial charge in [0.1, 0.15) is 18.7 Å². The molecule has 2 amide bonds. The van der Waals surface area contributed by atoms with Gasteiger partial charge in [0.25, 0.3) is 0 Å². The predicted molar refractivity (Wildman–Crippen MR) is 163 cm³/mol. The van der Waals surface area contributed by atoms with E-state index in [1.54, 1.807) is 0 Å². The number of ether oxygens (including phenoxy) is 2. The number of carbonyl (C=O) groups excluding carboxylic acids is 3. The molecule has 212 valence electrons. The van der Waals surface area contributed by atoms with Gasteiger partial charge in [-0.2, -0.15) is 0 Å². The maximum atomic E-state index is 13.7. The zero-order valence-electron chi connectivity index (χ0n) is 23.3.